The van der Waals surface area contributed by atoms with Crippen LogP contribution in [0, 0.1) is 12.7 Å². The molecule has 4 heteroatoms. The molecule has 0 aliphatic rings. The molecule has 1 aromatic heterocycles. The fourth-order valence-electron chi connectivity index (χ4n) is 1.72. The number of carbonyl (C=O) groups excluding carboxylic acids is 1. The lowest BCUT2D eigenvalue weighted by Gasteiger charge is -1.99. The molecule has 0 amide bonds. The molecule has 0 spiro atoms. The number of aromatic nitrogens is 1. The fraction of sp³-hybridized carbons (Fsp3) is 0.154. The molecule has 3 nitrogen and oxygen atoms in total. The van der Waals surface area contributed by atoms with E-state index in [0.717, 1.165) is 16.5 Å². The standard InChI is InChI=1S/C13H12FNO2/c1-8-7-15-13-9(3-4-12(16)17-2)5-10(14)6-11(8)13/h3-7,15H,1-2H3. The number of rotatable bonds is 2. The molecule has 0 aliphatic carbocycles. The molecule has 0 saturated carbocycles. The SMILES string of the molecule is COC(=O)C=Cc1cc(F)cc2c(C)c[nH]c12. The van der Waals surface area contributed by atoms with Gasteiger partial charge >= 0.3 is 5.97 Å². The summed E-state index contributed by atoms with van der Waals surface area (Å²) in [5, 5.41) is 0.814. The highest BCUT2D eigenvalue weighted by Crippen LogP contribution is 2.23. The van der Waals surface area contributed by atoms with Crippen molar-refractivity contribution in [3.05, 3.63) is 41.3 Å². The Kier molecular flexibility index (Phi) is 2.95. The average molecular weight is 233 g/mol. The average Bonchev–Trinajstić information content (AvgIpc) is 2.68. The quantitative estimate of drug-likeness (QED) is 0.640. The number of benzene rings is 1. The monoisotopic (exact) mass is 233 g/mol. The number of ether oxygens (including phenoxy) is 1. The van der Waals surface area contributed by atoms with E-state index >= 15 is 0 Å². The van der Waals surface area contributed by atoms with E-state index < -0.39 is 5.97 Å². The summed E-state index contributed by atoms with van der Waals surface area (Å²) in [5.41, 5.74) is 2.40. The van der Waals surface area contributed by atoms with Gasteiger partial charge in [0.15, 0.2) is 0 Å². The Labute approximate surface area is 97.9 Å². The molecule has 0 atom stereocenters. The zero-order chi connectivity index (χ0) is 12.4. The van der Waals surface area contributed by atoms with Crippen LogP contribution in [-0.2, 0) is 9.53 Å². The Morgan fingerprint density at radius 1 is 1.47 bits per heavy atom. The number of halogens is 1. The van der Waals surface area contributed by atoms with E-state index in [9.17, 15) is 9.18 Å². The van der Waals surface area contributed by atoms with E-state index in [1.807, 2.05) is 6.92 Å². The number of aromatic amines is 1. The normalized spacial score (nSPS) is 11.2. The summed E-state index contributed by atoms with van der Waals surface area (Å²) < 4.78 is 17.9. The van der Waals surface area contributed by atoms with E-state index in [0.29, 0.717) is 5.56 Å². The topological polar surface area (TPSA) is 42.1 Å². The molecule has 0 radical (unpaired) electrons. The molecule has 1 N–H and O–H groups in total. The first-order valence-corrected chi connectivity index (χ1v) is 5.15. The van der Waals surface area contributed by atoms with Gasteiger partial charge in [-0.25, -0.2) is 9.18 Å². The molecule has 2 rings (SSSR count). The molecule has 0 aliphatic heterocycles. The first-order chi connectivity index (χ1) is 8.11. The smallest absolute Gasteiger partial charge is 0.330 e. The summed E-state index contributed by atoms with van der Waals surface area (Å²) >= 11 is 0. The summed E-state index contributed by atoms with van der Waals surface area (Å²) in [5.74, 6) is -0.796. The number of methoxy groups -OCH3 is 1. The van der Waals surface area contributed by atoms with Gasteiger partial charge in [-0.2, -0.15) is 0 Å². The molecular weight excluding hydrogens is 221 g/mol. The lowest BCUT2D eigenvalue weighted by atomic mass is 10.1. The van der Waals surface area contributed by atoms with Crippen molar-refractivity contribution in [2.24, 2.45) is 0 Å². The van der Waals surface area contributed by atoms with Crippen molar-refractivity contribution >= 4 is 22.9 Å². The minimum atomic E-state index is -0.467. The highest BCUT2D eigenvalue weighted by molar-refractivity contribution is 5.94. The summed E-state index contributed by atoms with van der Waals surface area (Å²) in [7, 11) is 1.30. The Bertz CT molecular complexity index is 599. The number of H-pyrrole nitrogens is 1. The number of carbonyl (C=O) groups is 1. The highest BCUT2D eigenvalue weighted by atomic mass is 19.1. The summed E-state index contributed by atoms with van der Waals surface area (Å²) in [6, 6.07) is 2.84. The van der Waals surface area contributed by atoms with Crippen LogP contribution < -0.4 is 0 Å². The maximum atomic E-state index is 13.4. The number of hydrogen-bond donors (Lipinski definition) is 1. The molecule has 0 bridgehead atoms. The van der Waals surface area contributed by atoms with E-state index in [-0.39, 0.29) is 5.82 Å². The van der Waals surface area contributed by atoms with Crippen LogP contribution in [0.4, 0.5) is 4.39 Å². The maximum Gasteiger partial charge on any atom is 0.330 e. The van der Waals surface area contributed by atoms with Crippen LogP contribution in [0.2, 0.25) is 0 Å². The summed E-state index contributed by atoms with van der Waals surface area (Å²) in [6.07, 6.45) is 4.61. The fourth-order valence-corrected chi connectivity index (χ4v) is 1.72. The number of fused-ring (bicyclic) bond motifs is 1. The van der Waals surface area contributed by atoms with Crippen molar-refractivity contribution in [2.75, 3.05) is 7.11 Å². The van der Waals surface area contributed by atoms with E-state index in [2.05, 4.69) is 9.72 Å². The minimum Gasteiger partial charge on any atom is -0.466 e. The Hall–Kier alpha value is -2.10. The van der Waals surface area contributed by atoms with Crippen molar-refractivity contribution < 1.29 is 13.9 Å². The molecule has 0 saturated heterocycles. The Morgan fingerprint density at radius 3 is 2.94 bits per heavy atom. The van der Waals surface area contributed by atoms with Gasteiger partial charge in [-0.1, -0.05) is 0 Å². The molecule has 88 valence electrons. The first-order valence-electron chi connectivity index (χ1n) is 5.15. The number of nitrogens with one attached hydrogen (secondary N) is 1. The van der Waals surface area contributed by atoms with Crippen molar-refractivity contribution in [3.8, 4) is 0 Å². The molecule has 0 unspecified atom stereocenters. The maximum absolute atomic E-state index is 13.4. The van der Waals surface area contributed by atoms with Gasteiger partial charge in [-0.05, 0) is 30.7 Å². The lowest BCUT2D eigenvalue weighted by molar-refractivity contribution is -0.134. The number of esters is 1. The van der Waals surface area contributed by atoms with Gasteiger partial charge in [0.1, 0.15) is 5.82 Å². The van der Waals surface area contributed by atoms with E-state index in [1.165, 1.54) is 31.4 Å². The summed E-state index contributed by atoms with van der Waals surface area (Å²) in [4.78, 5) is 14.1. The van der Waals surface area contributed by atoms with Gasteiger partial charge in [0.25, 0.3) is 0 Å². The third kappa shape index (κ3) is 2.20. The summed E-state index contributed by atoms with van der Waals surface area (Å²) in [6.45, 7) is 1.89. The van der Waals surface area contributed by atoms with Crippen LogP contribution in [0.3, 0.4) is 0 Å². The van der Waals surface area contributed by atoms with E-state index in [4.69, 9.17) is 0 Å². The third-order valence-corrected chi connectivity index (χ3v) is 2.59. The van der Waals surface area contributed by atoms with Gasteiger partial charge in [0.2, 0.25) is 0 Å². The zero-order valence-electron chi connectivity index (χ0n) is 9.58. The molecule has 1 heterocycles. The van der Waals surface area contributed by atoms with Crippen molar-refractivity contribution in [1.29, 1.82) is 0 Å². The lowest BCUT2D eigenvalue weighted by Crippen LogP contribution is -1.93. The molecule has 2 aromatic rings. The number of hydrogen-bond acceptors (Lipinski definition) is 2. The van der Waals surface area contributed by atoms with Crippen molar-refractivity contribution in [3.63, 3.8) is 0 Å². The van der Waals surface area contributed by atoms with Gasteiger partial charge in [0.05, 0.1) is 12.6 Å². The van der Waals surface area contributed by atoms with Gasteiger partial charge in [-0.15, -0.1) is 0 Å². The van der Waals surface area contributed by atoms with Gasteiger partial charge in [0, 0.05) is 23.2 Å². The Balaban J connectivity index is 2.53. The van der Waals surface area contributed by atoms with Crippen LogP contribution in [-0.4, -0.2) is 18.1 Å². The molecular formula is C13H12FNO2. The van der Waals surface area contributed by atoms with Crippen LogP contribution in [0.1, 0.15) is 11.1 Å². The predicted octanol–water partition coefficient (Wildman–Crippen LogP) is 2.80. The van der Waals surface area contributed by atoms with Crippen LogP contribution in [0.5, 0.6) is 0 Å². The minimum absolute atomic E-state index is 0.329. The van der Waals surface area contributed by atoms with Crippen molar-refractivity contribution in [1.82, 2.24) is 4.98 Å². The van der Waals surface area contributed by atoms with E-state index in [1.54, 1.807) is 6.20 Å². The molecule has 0 fully saturated rings. The second-order valence-electron chi connectivity index (χ2n) is 3.75. The zero-order valence-corrected chi connectivity index (χ0v) is 9.58. The highest BCUT2D eigenvalue weighted by Gasteiger charge is 2.06. The molecule has 17 heavy (non-hydrogen) atoms. The van der Waals surface area contributed by atoms with Crippen LogP contribution in [0.15, 0.2) is 24.4 Å². The van der Waals surface area contributed by atoms with Crippen LogP contribution >= 0.6 is 0 Å². The second-order valence-corrected chi connectivity index (χ2v) is 3.75. The predicted molar refractivity (Wildman–Crippen MR) is 64.0 cm³/mol. The van der Waals surface area contributed by atoms with Gasteiger partial charge < -0.3 is 9.72 Å². The van der Waals surface area contributed by atoms with Crippen LogP contribution in [0.25, 0.3) is 17.0 Å². The van der Waals surface area contributed by atoms with Crippen molar-refractivity contribution in [2.45, 2.75) is 6.92 Å². The number of aryl methyl sites for hydroxylation is 1. The van der Waals surface area contributed by atoms with Gasteiger partial charge in [-0.3, -0.25) is 0 Å². The third-order valence-electron chi connectivity index (χ3n) is 2.59. The first kappa shape index (κ1) is 11.4. The second kappa shape index (κ2) is 4.41. The molecule has 1 aromatic carbocycles. The largest absolute Gasteiger partial charge is 0.466 e. The Morgan fingerprint density at radius 2 is 2.24 bits per heavy atom.